The monoisotopic (exact) mass is 390 g/mol. The second-order valence-corrected chi connectivity index (χ2v) is 5.44. The van der Waals surface area contributed by atoms with E-state index in [2.05, 4.69) is 38.1 Å². The van der Waals surface area contributed by atoms with Crippen LogP contribution in [0.1, 0.15) is 23.1 Å². The molecule has 0 saturated heterocycles. The van der Waals surface area contributed by atoms with Crippen molar-refractivity contribution in [3.8, 4) is 0 Å². The number of hydrogen-bond donors (Lipinski definition) is 1. The molecule has 2 aromatic rings. The number of carbonyl (C=O) groups is 1. The van der Waals surface area contributed by atoms with Crippen molar-refractivity contribution < 1.29 is 4.79 Å². The number of nitrogens with one attached hydrogen (secondary N) is 1. The topological polar surface area (TPSA) is 59.8 Å². The van der Waals surface area contributed by atoms with Gasteiger partial charge in [0.2, 0.25) is 0 Å². The van der Waals surface area contributed by atoms with Crippen LogP contribution in [-0.2, 0) is 13.1 Å². The number of carbonyl (C=O) groups excluding carboxylic acids is 1. The van der Waals surface area contributed by atoms with Crippen LogP contribution in [0.2, 0.25) is 5.02 Å². The summed E-state index contributed by atoms with van der Waals surface area (Å²) in [5, 5.41) is 11.1. The highest BCUT2D eigenvalue weighted by atomic mass is 127. The fraction of sp³-hybridized carbons (Fsp3) is 0.250. The summed E-state index contributed by atoms with van der Waals surface area (Å²) in [6, 6.07) is 5.23. The highest BCUT2D eigenvalue weighted by molar-refractivity contribution is 14.1. The Morgan fingerprint density at radius 1 is 1.53 bits per heavy atom. The van der Waals surface area contributed by atoms with Crippen LogP contribution >= 0.6 is 34.2 Å². The first kappa shape index (κ1) is 14.3. The van der Waals surface area contributed by atoms with Gasteiger partial charge in [-0.2, -0.15) is 0 Å². The molecule has 1 heterocycles. The molecule has 0 atom stereocenters. The summed E-state index contributed by atoms with van der Waals surface area (Å²) >= 11 is 8.01. The smallest absolute Gasteiger partial charge is 0.252 e. The van der Waals surface area contributed by atoms with Crippen molar-refractivity contribution in [3.63, 3.8) is 0 Å². The van der Waals surface area contributed by atoms with Gasteiger partial charge in [-0.15, -0.1) is 10.2 Å². The van der Waals surface area contributed by atoms with Crippen molar-refractivity contribution in [2.75, 3.05) is 0 Å². The highest BCUT2D eigenvalue weighted by Gasteiger charge is 2.11. The van der Waals surface area contributed by atoms with Crippen molar-refractivity contribution >= 4 is 40.1 Å². The first-order valence-corrected chi connectivity index (χ1v) is 7.17. The fourth-order valence-electron chi connectivity index (χ4n) is 1.61. The van der Waals surface area contributed by atoms with E-state index < -0.39 is 0 Å². The Hall–Kier alpha value is -1.15. The average molecular weight is 391 g/mol. The zero-order valence-corrected chi connectivity index (χ0v) is 13.1. The zero-order valence-electron chi connectivity index (χ0n) is 10.2. The summed E-state index contributed by atoms with van der Waals surface area (Å²) in [6.07, 6.45) is 1.64. The minimum absolute atomic E-state index is 0.169. The minimum atomic E-state index is -0.169. The van der Waals surface area contributed by atoms with Crippen molar-refractivity contribution in [2.24, 2.45) is 0 Å². The fourth-order valence-corrected chi connectivity index (χ4v) is 2.36. The molecule has 100 valence electrons. The molecule has 0 unspecified atom stereocenters. The number of amides is 1. The van der Waals surface area contributed by atoms with Crippen LogP contribution in [0.5, 0.6) is 0 Å². The molecular formula is C12H12ClIN4O. The maximum Gasteiger partial charge on any atom is 0.252 e. The van der Waals surface area contributed by atoms with Crippen LogP contribution in [0, 0.1) is 3.57 Å². The van der Waals surface area contributed by atoms with E-state index >= 15 is 0 Å². The van der Waals surface area contributed by atoms with Crippen molar-refractivity contribution in [3.05, 3.63) is 44.5 Å². The first-order valence-electron chi connectivity index (χ1n) is 5.71. The lowest BCUT2D eigenvalue weighted by atomic mass is 10.2. The average Bonchev–Trinajstić information content (AvgIpc) is 2.86. The molecular weight excluding hydrogens is 379 g/mol. The lowest BCUT2D eigenvalue weighted by Gasteiger charge is -2.07. The predicted molar refractivity (Wildman–Crippen MR) is 81.0 cm³/mol. The third-order valence-corrected chi connectivity index (χ3v) is 3.79. The second-order valence-electron chi connectivity index (χ2n) is 3.84. The molecule has 1 aromatic carbocycles. The van der Waals surface area contributed by atoms with Crippen molar-refractivity contribution in [1.82, 2.24) is 20.1 Å². The number of halogens is 2. The summed E-state index contributed by atoms with van der Waals surface area (Å²) in [5.74, 6) is 0.561. The quantitative estimate of drug-likeness (QED) is 0.816. The number of aryl methyl sites for hydroxylation is 1. The van der Waals surface area contributed by atoms with Gasteiger partial charge in [0.15, 0.2) is 5.82 Å². The number of rotatable bonds is 4. The predicted octanol–water partition coefficient (Wildman–Crippen LogP) is 2.49. The number of hydrogen-bond acceptors (Lipinski definition) is 3. The molecule has 7 heteroatoms. The van der Waals surface area contributed by atoms with Gasteiger partial charge >= 0.3 is 0 Å². The van der Waals surface area contributed by atoms with E-state index in [1.54, 1.807) is 18.5 Å². The lowest BCUT2D eigenvalue weighted by Crippen LogP contribution is -2.25. The summed E-state index contributed by atoms with van der Waals surface area (Å²) in [7, 11) is 0. The van der Waals surface area contributed by atoms with Crippen LogP contribution < -0.4 is 5.32 Å². The SMILES string of the molecule is CCn1cnnc1CNC(=O)c1cc(Cl)ccc1I. The van der Waals surface area contributed by atoms with Crippen molar-refractivity contribution in [1.29, 1.82) is 0 Å². The summed E-state index contributed by atoms with van der Waals surface area (Å²) in [5.41, 5.74) is 0.565. The molecule has 0 aliphatic rings. The van der Waals surface area contributed by atoms with Gasteiger partial charge < -0.3 is 9.88 Å². The van der Waals surface area contributed by atoms with Crippen LogP contribution in [-0.4, -0.2) is 20.7 Å². The Bertz CT molecular complexity index is 599. The maximum atomic E-state index is 12.1. The van der Waals surface area contributed by atoms with Gasteiger partial charge in [-0.1, -0.05) is 11.6 Å². The molecule has 19 heavy (non-hydrogen) atoms. The van der Waals surface area contributed by atoms with Crippen LogP contribution in [0.3, 0.4) is 0 Å². The molecule has 0 spiro atoms. The van der Waals surface area contributed by atoms with Gasteiger partial charge in [-0.05, 0) is 47.7 Å². The second kappa shape index (κ2) is 6.33. The molecule has 1 aromatic heterocycles. The molecule has 0 aliphatic heterocycles. The molecule has 0 bridgehead atoms. The largest absolute Gasteiger partial charge is 0.345 e. The number of nitrogens with zero attached hydrogens (tertiary/aromatic N) is 3. The Morgan fingerprint density at radius 3 is 3.05 bits per heavy atom. The Morgan fingerprint density at radius 2 is 2.32 bits per heavy atom. The van der Waals surface area contributed by atoms with Gasteiger partial charge in [0.1, 0.15) is 6.33 Å². The molecule has 1 N–H and O–H groups in total. The molecule has 0 radical (unpaired) electrons. The van der Waals surface area contributed by atoms with Gasteiger partial charge in [0, 0.05) is 15.1 Å². The van der Waals surface area contributed by atoms with Gasteiger partial charge in [-0.25, -0.2) is 0 Å². The van der Waals surface area contributed by atoms with Crippen LogP contribution in [0.4, 0.5) is 0 Å². The number of benzene rings is 1. The minimum Gasteiger partial charge on any atom is -0.345 e. The summed E-state index contributed by atoms with van der Waals surface area (Å²) < 4.78 is 2.74. The Labute approximate surface area is 129 Å². The third kappa shape index (κ3) is 3.44. The van der Waals surface area contributed by atoms with E-state index in [4.69, 9.17) is 11.6 Å². The molecule has 0 fully saturated rings. The third-order valence-electron chi connectivity index (χ3n) is 2.62. The summed E-state index contributed by atoms with van der Waals surface area (Å²) in [4.78, 5) is 12.1. The molecule has 2 rings (SSSR count). The van der Waals surface area contributed by atoms with E-state index in [0.29, 0.717) is 17.1 Å². The molecule has 1 amide bonds. The number of aromatic nitrogens is 3. The normalized spacial score (nSPS) is 10.5. The van der Waals surface area contributed by atoms with Gasteiger partial charge in [0.05, 0.1) is 12.1 Å². The molecule has 0 aliphatic carbocycles. The standard InChI is InChI=1S/C12H12ClIN4O/c1-2-18-7-16-17-11(18)6-15-12(19)9-5-8(13)3-4-10(9)14/h3-5,7H,2,6H2,1H3,(H,15,19). The van der Waals surface area contributed by atoms with Gasteiger partial charge in [-0.3, -0.25) is 4.79 Å². The van der Waals surface area contributed by atoms with Gasteiger partial charge in [0.25, 0.3) is 5.91 Å². The van der Waals surface area contributed by atoms with E-state index in [1.165, 1.54) is 0 Å². The van der Waals surface area contributed by atoms with Crippen molar-refractivity contribution in [2.45, 2.75) is 20.0 Å². The van der Waals surface area contributed by atoms with Crippen LogP contribution in [0.25, 0.3) is 0 Å². The lowest BCUT2D eigenvalue weighted by molar-refractivity contribution is 0.0948. The maximum absolute atomic E-state index is 12.1. The van der Waals surface area contributed by atoms with Crippen LogP contribution in [0.15, 0.2) is 24.5 Å². The Balaban J connectivity index is 2.07. The van der Waals surface area contributed by atoms with E-state index in [1.807, 2.05) is 17.6 Å². The van der Waals surface area contributed by atoms with E-state index in [-0.39, 0.29) is 5.91 Å². The molecule has 5 nitrogen and oxygen atoms in total. The first-order chi connectivity index (χ1) is 9.11. The highest BCUT2D eigenvalue weighted by Crippen LogP contribution is 2.17. The van der Waals surface area contributed by atoms with E-state index in [9.17, 15) is 4.79 Å². The zero-order chi connectivity index (χ0) is 13.8. The van der Waals surface area contributed by atoms with E-state index in [0.717, 1.165) is 15.9 Å². The molecule has 0 saturated carbocycles. The summed E-state index contributed by atoms with van der Waals surface area (Å²) in [6.45, 7) is 3.11. The Kier molecular flexibility index (Phi) is 4.76.